The Balaban J connectivity index is 1.63. The summed E-state index contributed by atoms with van der Waals surface area (Å²) in [6.45, 7) is 2.90. The lowest BCUT2D eigenvalue weighted by molar-refractivity contribution is 0.101. The molecule has 3 unspecified atom stereocenters. The van der Waals surface area contributed by atoms with Crippen LogP contribution in [0.3, 0.4) is 0 Å². The van der Waals surface area contributed by atoms with E-state index in [4.69, 9.17) is 16.3 Å². The van der Waals surface area contributed by atoms with Gasteiger partial charge in [-0.15, -0.1) is 0 Å². The van der Waals surface area contributed by atoms with E-state index < -0.39 is 0 Å². The van der Waals surface area contributed by atoms with Gasteiger partial charge in [0.1, 0.15) is 11.9 Å². The molecule has 1 aromatic rings. The Bertz CT molecular complexity index is 512. The Morgan fingerprint density at radius 1 is 1.43 bits per heavy atom. The maximum atomic E-state index is 11.8. The van der Waals surface area contributed by atoms with Crippen LogP contribution in [0.5, 0.6) is 5.75 Å². The van der Waals surface area contributed by atoms with Gasteiger partial charge in [-0.25, -0.2) is 4.79 Å². The van der Waals surface area contributed by atoms with Crippen molar-refractivity contribution in [2.45, 2.75) is 44.8 Å². The number of ether oxygens (including phenoxy) is 1. The van der Waals surface area contributed by atoms with Crippen LogP contribution < -0.4 is 15.4 Å². The van der Waals surface area contributed by atoms with Crippen LogP contribution in [0.1, 0.15) is 32.6 Å². The maximum absolute atomic E-state index is 11.8. The largest absolute Gasteiger partial charge is 0.489 e. The van der Waals surface area contributed by atoms with E-state index in [0.717, 1.165) is 25.7 Å². The van der Waals surface area contributed by atoms with E-state index in [1.54, 1.807) is 12.1 Å². The number of carbonyl (C=O) groups excluding carboxylic acids is 1. The lowest BCUT2D eigenvalue weighted by Crippen LogP contribution is -2.42. The molecule has 3 atom stereocenters. The van der Waals surface area contributed by atoms with Crippen molar-refractivity contribution in [1.82, 2.24) is 10.6 Å². The molecule has 1 saturated carbocycles. The van der Waals surface area contributed by atoms with Crippen LogP contribution in [-0.2, 0) is 0 Å². The quantitative estimate of drug-likeness (QED) is 0.745. The van der Waals surface area contributed by atoms with Gasteiger partial charge in [0.05, 0.1) is 12.6 Å². The van der Waals surface area contributed by atoms with Crippen molar-refractivity contribution in [3.8, 4) is 5.75 Å². The van der Waals surface area contributed by atoms with Crippen LogP contribution in [0.15, 0.2) is 24.3 Å². The first-order valence-electron chi connectivity index (χ1n) is 8.15. The molecule has 0 saturated heterocycles. The normalized spacial score (nSPS) is 22.2. The molecule has 0 aliphatic heterocycles. The fourth-order valence-corrected chi connectivity index (χ4v) is 2.98. The third-order valence-electron chi connectivity index (χ3n) is 3.99. The Morgan fingerprint density at radius 3 is 3.00 bits per heavy atom. The van der Waals surface area contributed by atoms with Gasteiger partial charge in [0.15, 0.2) is 0 Å². The molecule has 1 aromatic carbocycles. The average Bonchev–Trinajstić information content (AvgIpc) is 2.51. The number of hydrogen-bond acceptors (Lipinski definition) is 3. The lowest BCUT2D eigenvalue weighted by atomic mass is 9.87. The van der Waals surface area contributed by atoms with E-state index in [1.165, 1.54) is 0 Å². The summed E-state index contributed by atoms with van der Waals surface area (Å²) >= 11 is 5.90. The number of urea groups is 1. The van der Waals surface area contributed by atoms with Gasteiger partial charge >= 0.3 is 6.03 Å². The van der Waals surface area contributed by atoms with Crippen LogP contribution in [0.25, 0.3) is 0 Å². The minimum Gasteiger partial charge on any atom is -0.489 e. The Hall–Kier alpha value is -1.46. The van der Waals surface area contributed by atoms with Crippen LogP contribution in [0, 0.1) is 5.92 Å². The molecule has 0 radical (unpaired) electrons. The van der Waals surface area contributed by atoms with Gasteiger partial charge in [-0.3, -0.25) is 0 Å². The first-order chi connectivity index (χ1) is 11.0. The smallest absolute Gasteiger partial charge is 0.314 e. The standard InChI is InChI=1S/C17H25ClN2O3/c1-12(23-16-7-3-5-14(18)9-16)10-19-17(22)20-11-13-4-2-6-15(21)8-13/h3,5,7,9,12-13,15,21H,2,4,6,8,10-11H2,1H3,(H2,19,20,22). The predicted molar refractivity (Wildman–Crippen MR) is 90.9 cm³/mol. The van der Waals surface area contributed by atoms with Crippen molar-refractivity contribution in [3.05, 3.63) is 29.3 Å². The highest BCUT2D eigenvalue weighted by atomic mass is 35.5. The minimum atomic E-state index is -0.218. The molecule has 6 heteroatoms. The number of rotatable bonds is 6. The second-order valence-electron chi connectivity index (χ2n) is 6.16. The molecule has 128 valence electrons. The molecule has 23 heavy (non-hydrogen) atoms. The molecule has 2 rings (SSSR count). The number of carbonyl (C=O) groups is 1. The van der Waals surface area contributed by atoms with Gasteiger partial charge in [0.25, 0.3) is 0 Å². The van der Waals surface area contributed by atoms with E-state index in [2.05, 4.69) is 10.6 Å². The average molecular weight is 341 g/mol. The lowest BCUT2D eigenvalue weighted by Gasteiger charge is -2.26. The SMILES string of the molecule is CC(CNC(=O)NCC1CCCC(O)C1)Oc1cccc(Cl)c1. The molecule has 1 aliphatic rings. The third-order valence-corrected chi connectivity index (χ3v) is 4.22. The number of hydrogen-bond donors (Lipinski definition) is 3. The van der Waals surface area contributed by atoms with Crippen molar-refractivity contribution in [2.75, 3.05) is 13.1 Å². The molecule has 1 aliphatic carbocycles. The zero-order valence-corrected chi connectivity index (χ0v) is 14.2. The van der Waals surface area contributed by atoms with Crippen LogP contribution in [-0.4, -0.2) is 36.4 Å². The van der Waals surface area contributed by atoms with Crippen LogP contribution in [0.4, 0.5) is 4.79 Å². The Labute approximate surface area is 142 Å². The van der Waals surface area contributed by atoms with E-state index in [1.807, 2.05) is 19.1 Å². The fourth-order valence-electron chi connectivity index (χ4n) is 2.80. The summed E-state index contributed by atoms with van der Waals surface area (Å²) in [5.74, 6) is 1.05. The fraction of sp³-hybridized carbons (Fsp3) is 0.588. The molecule has 0 aromatic heterocycles. The molecule has 2 amide bonds. The number of aliphatic hydroxyl groups excluding tert-OH is 1. The predicted octanol–water partition coefficient (Wildman–Crippen LogP) is 2.96. The summed E-state index contributed by atoms with van der Waals surface area (Å²) in [6, 6.07) is 6.98. The van der Waals surface area contributed by atoms with Crippen molar-refractivity contribution >= 4 is 17.6 Å². The molecule has 0 heterocycles. The summed E-state index contributed by atoms with van der Waals surface area (Å²) in [4.78, 5) is 11.8. The first kappa shape index (κ1) is 17.9. The number of halogens is 1. The van der Waals surface area contributed by atoms with Gasteiger partial charge in [0.2, 0.25) is 0 Å². The summed E-state index contributed by atoms with van der Waals surface area (Å²) in [5.41, 5.74) is 0. The van der Waals surface area contributed by atoms with E-state index in [9.17, 15) is 9.90 Å². The summed E-state index contributed by atoms with van der Waals surface area (Å²) < 4.78 is 5.69. The number of benzene rings is 1. The van der Waals surface area contributed by atoms with Gasteiger partial charge in [-0.1, -0.05) is 24.1 Å². The third kappa shape index (κ3) is 6.67. The van der Waals surface area contributed by atoms with Crippen molar-refractivity contribution < 1.29 is 14.6 Å². The summed E-state index contributed by atoms with van der Waals surface area (Å²) in [6.07, 6.45) is 3.36. The first-order valence-corrected chi connectivity index (χ1v) is 8.52. The van der Waals surface area contributed by atoms with E-state index in [-0.39, 0.29) is 18.2 Å². The van der Waals surface area contributed by atoms with Gasteiger partial charge in [-0.2, -0.15) is 0 Å². The number of nitrogens with one attached hydrogen (secondary N) is 2. The van der Waals surface area contributed by atoms with E-state index >= 15 is 0 Å². The second-order valence-corrected chi connectivity index (χ2v) is 6.60. The second kappa shape index (κ2) is 8.99. The molecule has 5 nitrogen and oxygen atoms in total. The highest BCUT2D eigenvalue weighted by Gasteiger charge is 2.20. The van der Waals surface area contributed by atoms with Gasteiger partial charge in [-0.05, 0) is 50.3 Å². The molecule has 0 bridgehead atoms. The molecular formula is C17H25ClN2O3. The zero-order valence-electron chi connectivity index (χ0n) is 13.4. The maximum Gasteiger partial charge on any atom is 0.314 e. The topological polar surface area (TPSA) is 70.6 Å². The zero-order chi connectivity index (χ0) is 16.7. The Morgan fingerprint density at radius 2 is 2.26 bits per heavy atom. The van der Waals surface area contributed by atoms with Crippen LogP contribution in [0.2, 0.25) is 5.02 Å². The summed E-state index contributed by atoms with van der Waals surface area (Å²) in [7, 11) is 0. The van der Waals surface area contributed by atoms with Gasteiger partial charge < -0.3 is 20.5 Å². The molecular weight excluding hydrogens is 316 g/mol. The molecule has 3 N–H and O–H groups in total. The molecule has 1 fully saturated rings. The van der Waals surface area contributed by atoms with Crippen molar-refractivity contribution in [3.63, 3.8) is 0 Å². The number of amides is 2. The number of aliphatic hydroxyl groups is 1. The highest BCUT2D eigenvalue weighted by molar-refractivity contribution is 6.30. The van der Waals surface area contributed by atoms with Crippen molar-refractivity contribution in [1.29, 1.82) is 0 Å². The monoisotopic (exact) mass is 340 g/mol. The summed E-state index contributed by atoms with van der Waals surface area (Å²) in [5, 5.41) is 15.9. The van der Waals surface area contributed by atoms with Crippen LogP contribution >= 0.6 is 11.6 Å². The Kier molecular flexibility index (Phi) is 6.99. The van der Waals surface area contributed by atoms with Crippen molar-refractivity contribution in [2.24, 2.45) is 5.92 Å². The van der Waals surface area contributed by atoms with E-state index in [0.29, 0.717) is 29.8 Å². The molecule has 0 spiro atoms. The minimum absolute atomic E-state index is 0.157. The van der Waals surface area contributed by atoms with Gasteiger partial charge in [0, 0.05) is 11.6 Å². The highest BCUT2D eigenvalue weighted by Crippen LogP contribution is 2.23.